The zero-order valence-corrected chi connectivity index (χ0v) is 20.9. The van der Waals surface area contributed by atoms with E-state index in [2.05, 4.69) is 10.6 Å². The second-order valence-corrected chi connectivity index (χ2v) is 9.08. The molecular weight excluding hydrogens is 487 g/mol. The van der Waals surface area contributed by atoms with Crippen LogP contribution in [0.15, 0.2) is 36.4 Å². The first-order valence-corrected chi connectivity index (χ1v) is 11.0. The molecule has 0 heterocycles. The molecule has 0 radical (unpaired) electrons. The van der Waals surface area contributed by atoms with Gasteiger partial charge in [0.05, 0.1) is 10.6 Å². The van der Waals surface area contributed by atoms with Crippen molar-refractivity contribution in [3.8, 4) is 6.07 Å². The number of amides is 2. The van der Waals surface area contributed by atoms with Crippen molar-refractivity contribution >= 4 is 41.2 Å². The van der Waals surface area contributed by atoms with Gasteiger partial charge in [-0.05, 0) is 63.6 Å². The predicted molar refractivity (Wildman–Crippen MR) is 130 cm³/mol. The highest BCUT2D eigenvalue weighted by Gasteiger charge is 2.33. The van der Waals surface area contributed by atoms with E-state index < -0.39 is 23.8 Å². The van der Waals surface area contributed by atoms with Gasteiger partial charge in [-0.2, -0.15) is 5.26 Å². The molecule has 0 bridgehead atoms. The first-order chi connectivity index (χ1) is 15.8. The molecule has 2 amide bonds. The largest absolute Gasteiger partial charge is 0.385 e. The van der Waals surface area contributed by atoms with Gasteiger partial charge in [-0.25, -0.2) is 8.78 Å². The number of alkyl halides is 2. The fraction of sp³-hybridized carbons (Fsp3) is 0.375. The van der Waals surface area contributed by atoms with Gasteiger partial charge in [0, 0.05) is 47.5 Å². The summed E-state index contributed by atoms with van der Waals surface area (Å²) < 4.78 is 33.7. The van der Waals surface area contributed by atoms with Crippen LogP contribution in [0.2, 0.25) is 10.0 Å². The Hall–Kier alpha value is -2.73. The smallest absolute Gasteiger partial charge is 0.274 e. The van der Waals surface area contributed by atoms with Crippen LogP contribution in [0.3, 0.4) is 0 Å². The third-order valence-electron chi connectivity index (χ3n) is 4.30. The molecule has 2 aromatic rings. The summed E-state index contributed by atoms with van der Waals surface area (Å²) >= 11 is 11.8. The van der Waals surface area contributed by atoms with Crippen LogP contribution in [0, 0.1) is 11.3 Å². The Labute approximate surface area is 208 Å². The van der Waals surface area contributed by atoms with Crippen LogP contribution >= 0.6 is 23.2 Å². The van der Waals surface area contributed by atoms with E-state index in [1.165, 1.54) is 37.4 Å². The molecule has 0 saturated heterocycles. The Balaban J connectivity index is 0.000000718. The maximum absolute atomic E-state index is 14.4. The van der Waals surface area contributed by atoms with Crippen LogP contribution in [-0.4, -0.2) is 31.6 Å². The maximum Gasteiger partial charge on any atom is 0.274 e. The van der Waals surface area contributed by atoms with E-state index in [9.17, 15) is 18.4 Å². The molecule has 0 aromatic heterocycles. The Morgan fingerprint density at radius 3 is 2.32 bits per heavy atom. The molecule has 184 valence electrons. The summed E-state index contributed by atoms with van der Waals surface area (Å²) in [6.07, 6.45) is 0.409. The summed E-state index contributed by atoms with van der Waals surface area (Å²) in [5, 5.41) is 14.3. The summed E-state index contributed by atoms with van der Waals surface area (Å²) in [6, 6.07) is 9.97. The van der Waals surface area contributed by atoms with Crippen LogP contribution in [0.1, 0.15) is 55.1 Å². The summed E-state index contributed by atoms with van der Waals surface area (Å²) in [7, 11) is 1.44. The minimum atomic E-state index is -3.19. The van der Waals surface area contributed by atoms with E-state index >= 15 is 0 Å². The first kappa shape index (κ1) is 29.3. The average Bonchev–Trinajstić information content (AvgIpc) is 2.75. The summed E-state index contributed by atoms with van der Waals surface area (Å²) in [4.78, 5) is 22.1. The standard InChI is InChI=1S/C19H16Cl2F2N2O2.C5H11NO/c1-27-8-2-7-19(22,23)15-10-12(3-5-17(15)21)18(26)25-14-4-6-16(20)13(9-14)11-24;1-5(2,3)6-4-7/h3-6,9-10H,2,7-8H2,1H3,(H,25,26);4H,1-3H3,(H,6,7). The monoisotopic (exact) mass is 513 g/mol. The van der Waals surface area contributed by atoms with Gasteiger partial charge in [0.1, 0.15) is 6.07 Å². The van der Waals surface area contributed by atoms with Gasteiger partial charge < -0.3 is 15.4 Å². The van der Waals surface area contributed by atoms with Gasteiger partial charge in [0.15, 0.2) is 0 Å². The number of methoxy groups -OCH3 is 1. The molecule has 0 fully saturated rings. The van der Waals surface area contributed by atoms with Crippen LogP contribution in [0.4, 0.5) is 14.5 Å². The molecule has 6 nitrogen and oxygen atoms in total. The van der Waals surface area contributed by atoms with Crippen LogP contribution in [0.25, 0.3) is 0 Å². The maximum atomic E-state index is 14.4. The Morgan fingerprint density at radius 1 is 1.15 bits per heavy atom. The first-order valence-electron chi connectivity index (χ1n) is 10.2. The number of nitriles is 1. The molecule has 10 heteroatoms. The zero-order valence-electron chi connectivity index (χ0n) is 19.3. The van der Waals surface area contributed by atoms with E-state index in [0.29, 0.717) is 12.1 Å². The number of halogens is 4. The van der Waals surface area contributed by atoms with Crippen molar-refractivity contribution in [1.82, 2.24) is 5.32 Å². The molecule has 0 unspecified atom stereocenters. The number of benzene rings is 2. The lowest BCUT2D eigenvalue weighted by Crippen LogP contribution is -2.34. The van der Waals surface area contributed by atoms with Gasteiger partial charge in [0.25, 0.3) is 11.8 Å². The van der Waals surface area contributed by atoms with E-state index in [0.717, 1.165) is 6.07 Å². The number of hydrogen-bond acceptors (Lipinski definition) is 4. The average molecular weight is 514 g/mol. The third-order valence-corrected chi connectivity index (χ3v) is 4.96. The van der Waals surface area contributed by atoms with E-state index in [1.807, 2.05) is 26.8 Å². The lowest BCUT2D eigenvalue weighted by atomic mass is 10.0. The number of nitrogens with one attached hydrogen (secondary N) is 2. The van der Waals surface area contributed by atoms with Gasteiger partial charge >= 0.3 is 0 Å². The molecule has 0 saturated carbocycles. The number of rotatable bonds is 8. The minimum absolute atomic E-state index is 0.0225. The number of ether oxygens (including phenoxy) is 1. The highest BCUT2D eigenvalue weighted by atomic mass is 35.5. The Morgan fingerprint density at radius 2 is 1.79 bits per heavy atom. The van der Waals surface area contributed by atoms with Crippen LogP contribution in [0.5, 0.6) is 0 Å². The normalized spacial score (nSPS) is 11.0. The second kappa shape index (κ2) is 13.2. The van der Waals surface area contributed by atoms with Crippen molar-refractivity contribution in [2.45, 2.75) is 45.1 Å². The molecule has 34 heavy (non-hydrogen) atoms. The van der Waals surface area contributed by atoms with Crippen LogP contribution < -0.4 is 10.6 Å². The van der Waals surface area contributed by atoms with E-state index in [4.69, 9.17) is 33.2 Å². The van der Waals surface area contributed by atoms with Crippen molar-refractivity contribution in [3.63, 3.8) is 0 Å². The topological polar surface area (TPSA) is 91.2 Å². The fourth-order valence-electron chi connectivity index (χ4n) is 2.59. The van der Waals surface area contributed by atoms with Gasteiger partial charge in [-0.1, -0.05) is 23.2 Å². The minimum Gasteiger partial charge on any atom is -0.385 e. The fourth-order valence-corrected chi connectivity index (χ4v) is 3.00. The van der Waals surface area contributed by atoms with Crippen molar-refractivity contribution in [2.75, 3.05) is 19.0 Å². The molecule has 0 aliphatic rings. The Bertz CT molecular complexity index is 1040. The SMILES string of the molecule is CC(C)(C)NC=O.COCCCC(F)(F)c1cc(C(=O)Nc2ccc(Cl)c(C#N)c2)ccc1Cl. The predicted octanol–water partition coefficient (Wildman–Crippen LogP) is 6.17. The molecule has 2 rings (SSSR count). The van der Waals surface area contributed by atoms with E-state index in [1.54, 1.807) is 0 Å². The number of nitrogens with zero attached hydrogens (tertiary/aromatic N) is 1. The van der Waals surface area contributed by atoms with Crippen molar-refractivity contribution in [2.24, 2.45) is 0 Å². The van der Waals surface area contributed by atoms with Crippen LogP contribution in [-0.2, 0) is 15.5 Å². The number of hydrogen-bond donors (Lipinski definition) is 2. The molecule has 0 atom stereocenters. The summed E-state index contributed by atoms with van der Waals surface area (Å²) in [5.74, 6) is -3.80. The van der Waals surface area contributed by atoms with Gasteiger partial charge in [0.2, 0.25) is 6.41 Å². The lowest BCUT2D eigenvalue weighted by molar-refractivity contribution is -0.110. The third kappa shape index (κ3) is 9.64. The molecule has 0 aliphatic heterocycles. The van der Waals surface area contributed by atoms with Crippen molar-refractivity contribution in [3.05, 3.63) is 63.1 Å². The van der Waals surface area contributed by atoms with Crippen molar-refractivity contribution < 1.29 is 23.1 Å². The molecule has 2 aromatic carbocycles. The van der Waals surface area contributed by atoms with E-state index in [-0.39, 0.29) is 39.7 Å². The number of anilines is 1. The Kier molecular flexibility index (Phi) is 11.4. The highest BCUT2D eigenvalue weighted by molar-refractivity contribution is 6.32. The number of carbonyl (C=O) groups is 2. The zero-order chi connectivity index (χ0) is 25.9. The molecule has 0 aliphatic carbocycles. The summed E-state index contributed by atoms with van der Waals surface area (Å²) in [5.41, 5.74) is 0.0538. The summed E-state index contributed by atoms with van der Waals surface area (Å²) in [6.45, 7) is 6.00. The lowest BCUT2D eigenvalue weighted by Gasteiger charge is -2.19. The quantitative estimate of drug-likeness (QED) is 0.326. The van der Waals surface area contributed by atoms with Gasteiger partial charge in [-0.3, -0.25) is 9.59 Å². The number of carbonyl (C=O) groups excluding carboxylic acids is 2. The highest BCUT2D eigenvalue weighted by Crippen LogP contribution is 2.38. The molecular formula is C24H27Cl2F2N3O3. The van der Waals surface area contributed by atoms with Crippen molar-refractivity contribution in [1.29, 1.82) is 5.26 Å². The molecule has 0 spiro atoms. The second-order valence-electron chi connectivity index (χ2n) is 8.27. The van der Waals surface area contributed by atoms with Gasteiger partial charge in [-0.15, -0.1) is 0 Å². The molecule has 2 N–H and O–H groups in total.